The predicted molar refractivity (Wildman–Crippen MR) is 343 cm³/mol. The van der Waals surface area contributed by atoms with Crippen molar-refractivity contribution < 1.29 is 28.6 Å². The molecular weight excluding hydrogens is 973 g/mol. The molecule has 0 heterocycles. The zero-order valence-corrected chi connectivity index (χ0v) is 51.9. The lowest BCUT2D eigenvalue weighted by molar-refractivity contribution is -0.167. The summed E-state index contributed by atoms with van der Waals surface area (Å²) in [4.78, 5) is 38.3. The van der Waals surface area contributed by atoms with Crippen LogP contribution in [-0.2, 0) is 28.6 Å². The summed E-state index contributed by atoms with van der Waals surface area (Å²) in [6, 6.07) is 0. The van der Waals surface area contributed by atoms with E-state index in [4.69, 9.17) is 14.2 Å². The Balaban J connectivity index is 4.23. The van der Waals surface area contributed by atoms with Gasteiger partial charge in [-0.15, -0.1) is 0 Å². The van der Waals surface area contributed by atoms with Gasteiger partial charge in [-0.05, 0) is 103 Å². The van der Waals surface area contributed by atoms with Crippen LogP contribution in [0.3, 0.4) is 0 Å². The molecule has 452 valence electrons. The van der Waals surface area contributed by atoms with Gasteiger partial charge < -0.3 is 14.2 Å². The normalized spacial score (nSPS) is 12.8. The standard InChI is InChI=1S/C73H124O6/c1-4-7-10-13-16-19-22-24-26-28-29-30-31-32-33-34-35-36-37-38-39-40-41-42-43-45-46-48-51-54-57-60-63-66-72(75)78-69-70(68-77-71(74)65-62-59-56-53-50-21-18-15-12-9-6-3)79-73(76)67-64-61-58-55-52-49-47-44-27-25-23-20-17-14-11-8-5-2/h7,10,15-16,18-19,24,26,29-30,32-33,35-36,38-39,41-42,70H,4-6,8-9,11-14,17,20-23,25,27-28,31,34,37,40,43-69H2,1-3H3/b10-7-,18-15-,19-16-,26-24-,30-29-,33-32-,36-35-,39-38-,42-41-. The molecule has 0 radical (unpaired) electrons. The first kappa shape index (κ1) is 75.1. The van der Waals surface area contributed by atoms with Crippen LogP contribution in [0.5, 0.6) is 0 Å². The Morgan fingerprint density at radius 3 is 0.823 bits per heavy atom. The third-order valence-electron chi connectivity index (χ3n) is 14.3. The van der Waals surface area contributed by atoms with E-state index < -0.39 is 6.10 Å². The predicted octanol–water partition coefficient (Wildman–Crippen LogP) is 23.0. The van der Waals surface area contributed by atoms with Crippen molar-refractivity contribution in [2.45, 2.75) is 322 Å². The van der Waals surface area contributed by atoms with Crippen molar-refractivity contribution in [2.24, 2.45) is 0 Å². The summed E-state index contributed by atoms with van der Waals surface area (Å²) < 4.78 is 16.9. The Kier molecular flexibility index (Phi) is 63.3. The van der Waals surface area contributed by atoms with Gasteiger partial charge in [0.2, 0.25) is 0 Å². The van der Waals surface area contributed by atoms with Crippen LogP contribution in [0, 0.1) is 0 Å². The maximum absolute atomic E-state index is 12.9. The Bertz CT molecular complexity index is 1590. The molecule has 0 bridgehead atoms. The van der Waals surface area contributed by atoms with E-state index in [1.807, 2.05) is 0 Å². The van der Waals surface area contributed by atoms with E-state index in [0.717, 1.165) is 122 Å². The molecule has 0 spiro atoms. The smallest absolute Gasteiger partial charge is 0.306 e. The van der Waals surface area contributed by atoms with Crippen molar-refractivity contribution in [3.8, 4) is 0 Å². The number of unbranched alkanes of at least 4 members (excludes halogenated alkanes) is 31. The average Bonchev–Trinajstić information content (AvgIpc) is 3.45. The van der Waals surface area contributed by atoms with Crippen LogP contribution >= 0.6 is 0 Å². The summed E-state index contributed by atoms with van der Waals surface area (Å²) in [6.45, 7) is 6.50. The summed E-state index contributed by atoms with van der Waals surface area (Å²) in [5.41, 5.74) is 0. The van der Waals surface area contributed by atoms with Crippen LogP contribution in [0.4, 0.5) is 0 Å². The molecule has 0 aromatic heterocycles. The first-order valence-corrected chi connectivity index (χ1v) is 33.4. The molecule has 0 saturated heterocycles. The SMILES string of the molecule is CC/C=C\C/C=C\C/C=C\C/C=C\C/C=C\C/C=C\C/C=C\C/C=C\CCCCCCCCCCC(=O)OCC(COC(=O)CCCCCCC/C=C\CCCC)OC(=O)CCCCCCCCCCCCCCCCCCC. The largest absolute Gasteiger partial charge is 0.462 e. The molecule has 0 aromatic carbocycles. The van der Waals surface area contributed by atoms with Gasteiger partial charge in [0.15, 0.2) is 6.10 Å². The lowest BCUT2D eigenvalue weighted by atomic mass is 10.0. The Morgan fingerprint density at radius 1 is 0.266 bits per heavy atom. The van der Waals surface area contributed by atoms with E-state index in [1.54, 1.807) is 0 Å². The summed E-state index contributed by atoms with van der Waals surface area (Å²) in [6.07, 6.45) is 91.1. The first-order chi connectivity index (χ1) is 39.0. The highest BCUT2D eigenvalue weighted by molar-refractivity contribution is 5.71. The fourth-order valence-electron chi connectivity index (χ4n) is 9.26. The highest BCUT2D eigenvalue weighted by Crippen LogP contribution is 2.17. The van der Waals surface area contributed by atoms with Gasteiger partial charge in [-0.25, -0.2) is 0 Å². The molecule has 0 aromatic rings. The molecule has 79 heavy (non-hydrogen) atoms. The first-order valence-electron chi connectivity index (χ1n) is 33.4. The van der Waals surface area contributed by atoms with Crippen LogP contribution < -0.4 is 0 Å². The zero-order chi connectivity index (χ0) is 57.1. The molecule has 1 atom stereocenters. The third kappa shape index (κ3) is 64.8. The highest BCUT2D eigenvalue weighted by atomic mass is 16.6. The minimum atomic E-state index is -0.784. The molecule has 0 amide bonds. The van der Waals surface area contributed by atoms with Gasteiger partial charge in [-0.2, -0.15) is 0 Å². The molecule has 1 unspecified atom stereocenters. The number of esters is 3. The monoisotopic (exact) mass is 1100 g/mol. The van der Waals surface area contributed by atoms with Gasteiger partial charge in [0.25, 0.3) is 0 Å². The number of hydrogen-bond donors (Lipinski definition) is 0. The van der Waals surface area contributed by atoms with E-state index >= 15 is 0 Å². The van der Waals surface area contributed by atoms with E-state index in [2.05, 4.69) is 130 Å². The minimum Gasteiger partial charge on any atom is -0.462 e. The van der Waals surface area contributed by atoms with Crippen LogP contribution in [0.2, 0.25) is 0 Å². The second-order valence-corrected chi connectivity index (χ2v) is 22.0. The molecule has 6 nitrogen and oxygen atoms in total. The van der Waals surface area contributed by atoms with Crippen LogP contribution in [-0.4, -0.2) is 37.2 Å². The van der Waals surface area contributed by atoms with E-state index in [1.165, 1.54) is 154 Å². The fraction of sp³-hybridized carbons (Fsp3) is 0.712. The number of allylic oxidation sites excluding steroid dienone is 18. The summed E-state index contributed by atoms with van der Waals surface area (Å²) in [5, 5.41) is 0. The second-order valence-electron chi connectivity index (χ2n) is 22.0. The van der Waals surface area contributed by atoms with Crippen molar-refractivity contribution in [1.82, 2.24) is 0 Å². The van der Waals surface area contributed by atoms with Crippen LogP contribution in [0.15, 0.2) is 109 Å². The Hall–Kier alpha value is -3.93. The molecule has 0 saturated carbocycles. The van der Waals surface area contributed by atoms with E-state index in [0.29, 0.717) is 19.3 Å². The number of carbonyl (C=O) groups excluding carboxylic acids is 3. The number of carbonyl (C=O) groups is 3. The van der Waals surface area contributed by atoms with Gasteiger partial charge in [0.1, 0.15) is 13.2 Å². The maximum atomic E-state index is 12.9. The van der Waals surface area contributed by atoms with Gasteiger partial charge in [0, 0.05) is 19.3 Å². The molecule has 0 N–H and O–H groups in total. The minimum absolute atomic E-state index is 0.0821. The van der Waals surface area contributed by atoms with Crippen molar-refractivity contribution in [2.75, 3.05) is 13.2 Å². The van der Waals surface area contributed by atoms with Crippen LogP contribution in [0.25, 0.3) is 0 Å². The van der Waals surface area contributed by atoms with Gasteiger partial charge in [0.05, 0.1) is 0 Å². The molecule has 0 aliphatic carbocycles. The zero-order valence-electron chi connectivity index (χ0n) is 51.9. The van der Waals surface area contributed by atoms with Crippen LogP contribution in [0.1, 0.15) is 316 Å². The highest BCUT2D eigenvalue weighted by Gasteiger charge is 2.19. The quantitative estimate of drug-likeness (QED) is 0.0261. The topological polar surface area (TPSA) is 78.9 Å². The third-order valence-corrected chi connectivity index (χ3v) is 14.3. The van der Waals surface area contributed by atoms with Crippen molar-refractivity contribution in [3.63, 3.8) is 0 Å². The van der Waals surface area contributed by atoms with Crippen molar-refractivity contribution >= 4 is 17.9 Å². The molecule has 0 aliphatic heterocycles. The number of ether oxygens (including phenoxy) is 3. The number of hydrogen-bond acceptors (Lipinski definition) is 6. The van der Waals surface area contributed by atoms with Gasteiger partial charge in [-0.1, -0.05) is 304 Å². The van der Waals surface area contributed by atoms with E-state index in [-0.39, 0.29) is 31.1 Å². The second kappa shape index (κ2) is 66.6. The summed E-state index contributed by atoms with van der Waals surface area (Å²) >= 11 is 0. The van der Waals surface area contributed by atoms with Crippen molar-refractivity contribution in [3.05, 3.63) is 109 Å². The molecular formula is C73H124O6. The molecule has 0 fully saturated rings. The summed E-state index contributed by atoms with van der Waals surface area (Å²) in [5.74, 6) is -0.889. The Labute approximate surface area is 489 Å². The molecule has 0 rings (SSSR count). The number of rotatable bonds is 60. The molecule has 0 aliphatic rings. The Morgan fingerprint density at radius 2 is 0.506 bits per heavy atom. The van der Waals surface area contributed by atoms with Gasteiger partial charge in [-0.3, -0.25) is 14.4 Å². The lowest BCUT2D eigenvalue weighted by Crippen LogP contribution is -2.30. The summed E-state index contributed by atoms with van der Waals surface area (Å²) in [7, 11) is 0. The fourth-order valence-corrected chi connectivity index (χ4v) is 9.26. The lowest BCUT2D eigenvalue weighted by Gasteiger charge is -2.18. The molecule has 6 heteroatoms. The van der Waals surface area contributed by atoms with Crippen molar-refractivity contribution in [1.29, 1.82) is 0 Å². The average molecular weight is 1100 g/mol. The van der Waals surface area contributed by atoms with Gasteiger partial charge >= 0.3 is 17.9 Å². The van der Waals surface area contributed by atoms with E-state index in [9.17, 15) is 14.4 Å². The maximum Gasteiger partial charge on any atom is 0.306 e.